The molecule has 25 heavy (non-hydrogen) atoms. The molecule has 136 valence electrons. The number of carbonyl (C=O) groups is 3. The number of hydrogen-bond acceptors (Lipinski definition) is 9. The third-order valence-electron chi connectivity index (χ3n) is 3.01. The predicted molar refractivity (Wildman–Crippen MR) is 78.5 cm³/mol. The standard InChI is InChI=1S/C12H16N6O7/c1-5(19)22-10-8(4-15-17-13)25-12(24-7(3)21)11(23-6(2)20)9(10)16-18-14/h8-12H,4H2,1-3H3/t8-,9+,10-,11-,12+/m1/s1. The van der Waals surface area contributed by atoms with Crippen LogP contribution < -0.4 is 0 Å². The molecule has 0 bridgehead atoms. The summed E-state index contributed by atoms with van der Waals surface area (Å²) in [6.45, 7) is 2.98. The van der Waals surface area contributed by atoms with Gasteiger partial charge in [-0.15, -0.1) is 0 Å². The molecular weight excluding hydrogens is 340 g/mol. The van der Waals surface area contributed by atoms with Gasteiger partial charge in [0.05, 0.1) is 6.54 Å². The van der Waals surface area contributed by atoms with Gasteiger partial charge >= 0.3 is 17.9 Å². The maximum absolute atomic E-state index is 11.4. The second-order valence-electron chi connectivity index (χ2n) is 4.91. The van der Waals surface area contributed by atoms with Gasteiger partial charge in [0, 0.05) is 30.6 Å². The molecule has 13 heteroatoms. The summed E-state index contributed by atoms with van der Waals surface area (Å²) in [6.07, 6.45) is -5.12. The molecule has 1 saturated heterocycles. The van der Waals surface area contributed by atoms with E-state index in [1.165, 1.54) is 0 Å². The van der Waals surface area contributed by atoms with Gasteiger partial charge in [-0.25, -0.2) is 0 Å². The molecule has 0 aromatic rings. The lowest BCUT2D eigenvalue weighted by atomic mass is 9.96. The molecule has 0 radical (unpaired) electrons. The first-order valence-corrected chi connectivity index (χ1v) is 7.02. The van der Waals surface area contributed by atoms with Crippen molar-refractivity contribution in [2.75, 3.05) is 6.54 Å². The molecule has 0 aromatic heterocycles. The first-order valence-electron chi connectivity index (χ1n) is 7.02. The van der Waals surface area contributed by atoms with Gasteiger partial charge in [0.2, 0.25) is 6.29 Å². The monoisotopic (exact) mass is 356 g/mol. The molecule has 1 aliphatic rings. The topological polar surface area (TPSA) is 186 Å². The Morgan fingerprint density at radius 2 is 1.52 bits per heavy atom. The second-order valence-corrected chi connectivity index (χ2v) is 4.91. The number of carbonyl (C=O) groups excluding carboxylic acids is 3. The molecule has 13 nitrogen and oxygen atoms in total. The van der Waals surface area contributed by atoms with Crippen LogP contribution in [0.2, 0.25) is 0 Å². The molecule has 0 N–H and O–H groups in total. The first-order chi connectivity index (χ1) is 11.8. The van der Waals surface area contributed by atoms with E-state index in [1.54, 1.807) is 0 Å². The van der Waals surface area contributed by atoms with E-state index in [0.29, 0.717) is 0 Å². The van der Waals surface area contributed by atoms with Crippen LogP contribution in [0.5, 0.6) is 0 Å². The second kappa shape index (κ2) is 9.33. The minimum atomic E-state index is -1.44. The van der Waals surface area contributed by atoms with Crippen molar-refractivity contribution in [3.63, 3.8) is 0 Å². The Labute approximate surface area is 141 Å². The Bertz CT molecular complexity index is 597. The highest BCUT2D eigenvalue weighted by Crippen LogP contribution is 2.29. The number of nitrogens with zero attached hydrogens (tertiary/aromatic N) is 6. The van der Waals surface area contributed by atoms with Crippen molar-refractivity contribution in [2.24, 2.45) is 10.2 Å². The molecule has 0 spiro atoms. The van der Waals surface area contributed by atoms with Crippen molar-refractivity contribution in [3.8, 4) is 0 Å². The number of rotatable bonds is 6. The molecule has 5 atom stereocenters. The fourth-order valence-corrected chi connectivity index (χ4v) is 2.26. The van der Waals surface area contributed by atoms with Crippen molar-refractivity contribution in [2.45, 2.75) is 51.4 Å². The Morgan fingerprint density at radius 3 is 2.00 bits per heavy atom. The SMILES string of the molecule is CC(=O)O[C@H]1O[C@H](CN=[N+]=[N-])[C@@H](OC(C)=O)[C@H](N=[N+]=[N-])[C@H]1OC(C)=O. The van der Waals surface area contributed by atoms with Crippen LogP contribution in [0.25, 0.3) is 20.9 Å². The minimum Gasteiger partial charge on any atom is -0.459 e. The number of azide groups is 2. The van der Waals surface area contributed by atoms with Gasteiger partial charge in [0.25, 0.3) is 0 Å². The summed E-state index contributed by atoms with van der Waals surface area (Å²) in [5.74, 6) is -2.25. The highest BCUT2D eigenvalue weighted by atomic mass is 16.7. The lowest BCUT2D eigenvalue weighted by Crippen LogP contribution is -2.60. The highest BCUT2D eigenvalue weighted by Gasteiger charge is 2.50. The molecule has 0 unspecified atom stereocenters. The first kappa shape index (κ1) is 20.0. The van der Waals surface area contributed by atoms with Gasteiger partial charge in [-0.05, 0) is 11.1 Å². The summed E-state index contributed by atoms with van der Waals surface area (Å²) in [7, 11) is 0. The Kier molecular flexibility index (Phi) is 7.47. The normalized spacial score (nSPS) is 27.9. The minimum absolute atomic E-state index is 0.309. The maximum Gasteiger partial charge on any atom is 0.305 e. The van der Waals surface area contributed by atoms with Crippen LogP contribution in [0, 0.1) is 0 Å². The van der Waals surface area contributed by atoms with Crippen LogP contribution in [-0.2, 0) is 33.3 Å². The van der Waals surface area contributed by atoms with Crippen molar-refractivity contribution in [1.29, 1.82) is 0 Å². The molecule has 0 amide bonds. The van der Waals surface area contributed by atoms with E-state index in [2.05, 4.69) is 20.1 Å². The molecule has 1 rings (SSSR count). The van der Waals surface area contributed by atoms with Crippen molar-refractivity contribution >= 4 is 17.9 Å². The maximum atomic E-state index is 11.4. The fraction of sp³-hybridized carbons (Fsp3) is 0.750. The van der Waals surface area contributed by atoms with E-state index in [0.717, 1.165) is 20.8 Å². The molecule has 0 aliphatic carbocycles. The third kappa shape index (κ3) is 5.84. The van der Waals surface area contributed by atoms with Crippen LogP contribution in [0.4, 0.5) is 0 Å². The van der Waals surface area contributed by atoms with Crippen molar-refractivity contribution in [1.82, 2.24) is 0 Å². The largest absolute Gasteiger partial charge is 0.459 e. The Balaban J connectivity index is 3.30. The van der Waals surface area contributed by atoms with E-state index in [-0.39, 0.29) is 6.54 Å². The number of ether oxygens (including phenoxy) is 4. The summed E-state index contributed by atoms with van der Waals surface area (Å²) < 4.78 is 20.5. The molecule has 1 fully saturated rings. The quantitative estimate of drug-likeness (QED) is 0.224. The molecule has 0 saturated carbocycles. The average Bonchev–Trinajstić information content (AvgIpc) is 2.50. The lowest BCUT2D eigenvalue weighted by Gasteiger charge is -2.42. The third-order valence-corrected chi connectivity index (χ3v) is 3.01. The number of hydrogen-bond donors (Lipinski definition) is 0. The zero-order chi connectivity index (χ0) is 19.0. The van der Waals surface area contributed by atoms with Gasteiger partial charge in [0.1, 0.15) is 18.2 Å². The van der Waals surface area contributed by atoms with Crippen molar-refractivity contribution < 1.29 is 33.3 Å². The highest BCUT2D eigenvalue weighted by molar-refractivity contribution is 5.68. The number of esters is 3. The van der Waals surface area contributed by atoms with E-state index in [9.17, 15) is 14.4 Å². The molecule has 1 aliphatic heterocycles. The van der Waals surface area contributed by atoms with E-state index in [1.807, 2.05) is 0 Å². The van der Waals surface area contributed by atoms with Gasteiger partial charge in [-0.1, -0.05) is 10.2 Å². The van der Waals surface area contributed by atoms with Crippen LogP contribution in [0.3, 0.4) is 0 Å². The summed E-state index contributed by atoms with van der Waals surface area (Å²) in [4.78, 5) is 39.2. The van der Waals surface area contributed by atoms with Gasteiger partial charge < -0.3 is 18.9 Å². The van der Waals surface area contributed by atoms with Gasteiger partial charge in [-0.3, -0.25) is 14.4 Å². The predicted octanol–water partition coefficient (Wildman–Crippen LogP) is 1.13. The lowest BCUT2D eigenvalue weighted by molar-refractivity contribution is -0.267. The zero-order valence-electron chi connectivity index (χ0n) is 13.6. The Hall–Kier alpha value is -3.01. The zero-order valence-corrected chi connectivity index (χ0v) is 13.6. The summed E-state index contributed by atoms with van der Waals surface area (Å²) in [6, 6.07) is -1.27. The Morgan fingerprint density at radius 1 is 0.960 bits per heavy atom. The molecule has 0 aromatic carbocycles. The van der Waals surface area contributed by atoms with Crippen LogP contribution in [-0.4, -0.2) is 55.1 Å². The van der Waals surface area contributed by atoms with Crippen LogP contribution in [0.15, 0.2) is 10.2 Å². The average molecular weight is 356 g/mol. The van der Waals surface area contributed by atoms with E-state index in [4.69, 9.17) is 30.0 Å². The molecule has 1 heterocycles. The van der Waals surface area contributed by atoms with Gasteiger partial charge in [-0.2, -0.15) is 0 Å². The van der Waals surface area contributed by atoms with E-state index >= 15 is 0 Å². The summed E-state index contributed by atoms with van der Waals surface area (Å²) >= 11 is 0. The van der Waals surface area contributed by atoms with Crippen LogP contribution >= 0.6 is 0 Å². The summed E-state index contributed by atoms with van der Waals surface area (Å²) in [5.41, 5.74) is 17.3. The van der Waals surface area contributed by atoms with Crippen LogP contribution in [0.1, 0.15) is 20.8 Å². The van der Waals surface area contributed by atoms with Crippen molar-refractivity contribution in [3.05, 3.63) is 20.9 Å². The van der Waals surface area contributed by atoms with E-state index < -0.39 is 48.6 Å². The summed E-state index contributed by atoms with van der Waals surface area (Å²) in [5, 5.41) is 6.82. The fourth-order valence-electron chi connectivity index (χ4n) is 2.26. The molecular formula is C12H16N6O7. The van der Waals surface area contributed by atoms with Gasteiger partial charge in [0.15, 0.2) is 6.10 Å². The smallest absolute Gasteiger partial charge is 0.305 e.